The number of hydrogen-bond acceptors (Lipinski definition) is 5. The first kappa shape index (κ1) is 19.6. The van der Waals surface area contributed by atoms with E-state index in [1.165, 1.54) is 0 Å². The Balaban J connectivity index is 0.00000121. The molecule has 1 amide bonds. The van der Waals surface area contributed by atoms with Crippen molar-refractivity contribution in [2.75, 3.05) is 6.54 Å². The predicted octanol–water partition coefficient (Wildman–Crippen LogP) is 2.30. The fourth-order valence-electron chi connectivity index (χ4n) is 2.88. The van der Waals surface area contributed by atoms with Crippen molar-refractivity contribution in [2.24, 2.45) is 5.73 Å². The van der Waals surface area contributed by atoms with Gasteiger partial charge in [0.05, 0.1) is 11.6 Å². The third kappa shape index (κ3) is 3.74. The number of hydrogen-bond donors (Lipinski definition) is 2. The van der Waals surface area contributed by atoms with E-state index in [0.717, 1.165) is 42.8 Å². The summed E-state index contributed by atoms with van der Waals surface area (Å²) < 4.78 is 5.67. The van der Waals surface area contributed by atoms with E-state index in [0.29, 0.717) is 6.54 Å². The smallest absolute Gasteiger partial charge is 0.249 e. The summed E-state index contributed by atoms with van der Waals surface area (Å²) in [5.74, 6) is -0.00602. The maximum Gasteiger partial charge on any atom is 0.249 e. The number of carbonyl (C=O) groups excluding carboxylic acids is 1. The van der Waals surface area contributed by atoms with Gasteiger partial charge in [0.1, 0.15) is 11.1 Å². The van der Waals surface area contributed by atoms with Crippen molar-refractivity contribution in [3.05, 3.63) is 16.1 Å². The largest absolute Gasteiger partial charge is 0.364 e. The lowest BCUT2D eigenvalue weighted by molar-refractivity contribution is -0.135. The third-order valence-electron chi connectivity index (χ3n) is 4.26. The molecule has 8 heteroatoms. The van der Waals surface area contributed by atoms with E-state index in [-0.39, 0.29) is 48.5 Å². The topological polar surface area (TPSA) is 77.2 Å². The van der Waals surface area contributed by atoms with Crippen molar-refractivity contribution < 1.29 is 9.53 Å². The molecule has 1 aromatic heterocycles. The molecule has 3 N–H and O–H groups in total. The van der Waals surface area contributed by atoms with Gasteiger partial charge in [0.2, 0.25) is 5.91 Å². The molecule has 1 saturated carbocycles. The Labute approximate surface area is 147 Å². The molecule has 1 aliphatic heterocycles. The van der Waals surface area contributed by atoms with Gasteiger partial charge in [-0.25, -0.2) is 4.98 Å². The van der Waals surface area contributed by atoms with Gasteiger partial charge in [-0.05, 0) is 39.0 Å². The average molecular weight is 368 g/mol. The number of aryl methyl sites for hydroxylation is 1. The lowest BCUT2D eigenvalue weighted by Gasteiger charge is -2.41. The molecule has 3 rings (SSSR count). The lowest BCUT2D eigenvalue weighted by Crippen LogP contribution is -2.53. The van der Waals surface area contributed by atoms with Crippen LogP contribution in [0.4, 0.5) is 0 Å². The van der Waals surface area contributed by atoms with Gasteiger partial charge in [0, 0.05) is 17.6 Å². The van der Waals surface area contributed by atoms with Crippen LogP contribution in [0, 0.1) is 6.92 Å². The fraction of sp³-hybridized carbons (Fsp3) is 0.714. The molecule has 0 aromatic carbocycles. The van der Waals surface area contributed by atoms with E-state index in [2.05, 4.69) is 10.3 Å². The molecule has 0 spiro atoms. The van der Waals surface area contributed by atoms with Crippen LogP contribution in [0.25, 0.3) is 0 Å². The summed E-state index contributed by atoms with van der Waals surface area (Å²) >= 11 is 1.64. The van der Waals surface area contributed by atoms with Gasteiger partial charge in [-0.15, -0.1) is 36.2 Å². The summed E-state index contributed by atoms with van der Waals surface area (Å²) in [7, 11) is 0. The predicted molar refractivity (Wildman–Crippen MR) is 92.0 cm³/mol. The lowest BCUT2D eigenvalue weighted by atomic mass is 9.77. The molecule has 2 heterocycles. The summed E-state index contributed by atoms with van der Waals surface area (Å²) in [6.45, 7) is 2.47. The highest BCUT2D eigenvalue weighted by molar-refractivity contribution is 7.09. The van der Waals surface area contributed by atoms with Crippen molar-refractivity contribution in [1.82, 2.24) is 10.3 Å². The first-order valence-electron chi connectivity index (χ1n) is 7.23. The van der Waals surface area contributed by atoms with Crippen molar-refractivity contribution in [1.29, 1.82) is 0 Å². The van der Waals surface area contributed by atoms with E-state index in [4.69, 9.17) is 10.5 Å². The average Bonchev–Trinajstić information content (AvgIpc) is 3.02. The number of ether oxygens (including phenoxy) is 1. The van der Waals surface area contributed by atoms with Crippen LogP contribution in [0.5, 0.6) is 0 Å². The Hall–Kier alpha value is -0.400. The van der Waals surface area contributed by atoms with E-state index >= 15 is 0 Å². The van der Waals surface area contributed by atoms with Crippen LogP contribution in [0.15, 0.2) is 5.38 Å². The molecular weight excluding hydrogens is 345 g/mol. The van der Waals surface area contributed by atoms with Gasteiger partial charge in [-0.2, -0.15) is 0 Å². The number of nitrogens with two attached hydrogens (primary N) is 1. The van der Waals surface area contributed by atoms with Gasteiger partial charge < -0.3 is 15.8 Å². The van der Waals surface area contributed by atoms with Gasteiger partial charge in [0.15, 0.2) is 0 Å². The minimum absolute atomic E-state index is 0. The number of nitrogens with one attached hydrogen (secondary N) is 1. The van der Waals surface area contributed by atoms with Crippen LogP contribution in [-0.4, -0.2) is 29.6 Å². The molecule has 0 unspecified atom stereocenters. The van der Waals surface area contributed by atoms with Crippen LogP contribution < -0.4 is 11.1 Å². The van der Waals surface area contributed by atoms with Crippen LogP contribution in [0.3, 0.4) is 0 Å². The first-order valence-corrected chi connectivity index (χ1v) is 8.11. The highest BCUT2D eigenvalue weighted by atomic mass is 35.5. The Bertz CT molecular complexity index is 508. The highest BCUT2D eigenvalue weighted by Gasteiger charge is 2.44. The number of halogens is 2. The normalized spacial score (nSPS) is 25.5. The minimum atomic E-state index is -0.345. The highest BCUT2D eigenvalue weighted by Crippen LogP contribution is 2.42. The molecule has 1 aromatic rings. The maximum absolute atomic E-state index is 12.4. The third-order valence-corrected chi connectivity index (χ3v) is 5.43. The second-order valence-corrected chi connectivity index (χ2v) is 6.64. The first-order chi connectivity index (χ1) is 9.63. The summed E-state index contributed by atoms with van der Waals surface area (Å²) in [5.41, 5.74) is 6.36. The van der Waals surface area contributed by atoms with Crippen LogP contribution >= 0.6 is 36.2 Å². The monoisotopic (exact) mass is 367 g/mol. The fourth-order valence-corrected chi connectivity index (χ4v) is 3.90. The second kappa shape index (κ2) is 7.93. The van der Waals surface area contributed by atoms with Gasteiger partial charge in [-0.3, -0.25) is 4.79 Å². The summed E-state index contributed by atoms with van der Waals surface area (Å²) in [6, 6.07) is 0. The van der Waals surface area contributed by atoms with Crippen molar-refractivity contribution in [3.63, 3.8) is 0 Å². The molecular formula is C14H23Cl2N3O2S. The van der Waals surface area contributed by atoms with Crippen molar-refractivity contribution in [3.8, 4) is 0 Å². The Morgan fingerprint density at radius 3 is 2.68 bits per heavy atom. The summed E-state index contributed by atoms with van der Waals surface area (Å²) in [4.78, 5) is 17.0. The van der Waals surface area contributed by atoms with Gasteiger partial charge in [-0.1, -0.05) is 0 Å². The molecule has 5 nitrogen and oxygen atoms in total. The minimum Gasteiger partial charge on any atom is -0.364 e. The van der Waals surface area contributed by atoms with Crippen molar-refractivity contribution in [2.45, 2.75) is 56.8 Å². The van der Waals surface area contributed by atoms with Crippen molar-refractivity contribution >= 4 is 42.1 Å². The quantitative estimate of drug-likeness (QED) is 0.855. The molecule has 2 atom stereocenters. The molecule has 126 valence electrons. The zero-order valence-corrected chi connectivity index (χ0v) is 15.0. The van der Waals surface area contributed by atoms with Crippen LogP contribution in [0.1, 0.15) is 42.8 Å². The molecule has 2 aliphatic rings. The van der Waals surface area contributed by atoms with Crippen LogP contribution in [0.2, 0.25) is 0 Å². The number of thiazole rings is 1. The molecule has 2 fully saturated rings. The second-order valence-electron chi connectivity index (χ2n) is 5.78. The van der Waals surface area contributed by atoms with Crippen LogP contribution in [-0.2, 0) is 15.1 Å². The Morgan fingerprint density at radius 2 is 2.23 bits per heavy atom. The van der Waals surface area contributed by atoms with E-state index < -0.39 is 0 Å². The van der Waals surface area contributed by atoms with Gasteiger partial charge >= 0.3 is 0 Å². The zero-order chi connectivity index (χ0) is 14.2. The number of nitrogens with zero attached hydrogens (tertiary/aromatic N) is 1. The molecule has 1 aliphatic carbocycles. The number of aromatic nitrogens is 1. The number of carbonyl (C=O) groups is 1. The standard InChI is InChI=1S/C14H21N3O2S.2ClH/c1-9-8-20-13(16-9)14(5-2-6-14)17-12(18)11-4-3-10(7-15)19-11;;/h8,10-11H,2-7,15H2,1H3,(H,17,18);2*1H/t10-,11+;;/m1../s1. The molecule has 1 saturated heterocycles. The number of amides is 1. The molecule has 0 radical (unpaired) electrons. The SMILES string of the molecule is Cc1csc(C2(NC(=O)[C@@H]3CC[C@H](CN)O3)CCC2)n1.Cl.Cl. The van der Waals surface area contributed by atoms with E-state index in [1.54, 1.807) is 11.3 Å². The zero-order valence-electron chi connectivity index (χ0n) is 12.5. The van der Waals surface area contributed by atoms with E-state index in [1.807, 2.05) is 12.3 Å². The number of rotatable bonds is 4. The summed E-state index contributed by atoms with van der Waals surface area (Å²) in [6.07, 6.45) is 4.40. The summed E-state index contributed by atoms with van der Waals surface area (Å²) in [5, 5.41) is 6.26. The van der Waals surface area contributed by atoms with Gasteiger partial charge in [0.25, 0.3) is 0 Å². The molecule has 22 heavy (non-hydrogen) atoms. The Kier molecular flexibility index (Phi) is 7.08. The molecule has 0 bridgehead atoms. The maximum atomic E-state index is 12.4. The Morgan fingerprint density at radius 1 is 1.50 bits per heavy atom. The van der Waals surface area contributed by atoms with E-state index in [9.17, 15) is 4.79 Å².